The van der Waals surface area contributed by atoms with E-state index >= 15 is 0 Å². The van der Waals surface area contributed by atoms with Gasteiger partial charge in [0.15, 0.2) is 11.1 Å². The summed E-state index contributed by atoms with van der Waals surface area (Å²) in [6, 6.07) is 9.91. The smallest absolute Gasteiger partial charge is 0.257 e. The lowest BCUT2D eigenvalue weighted by Gasteiger charge is -2.03. The van der Waals surface area contributed by atoms with Crippen molar-refractivity contribution in [1.82, 2.24) is 0 Å². The Labute approximate surface area is 133 Å². The molecule has 0 aliphatic rings. The third kappa shape index (κ3) is 2.91. The van der Waals surface area contributed by atoms with Gasteiger partial charge < -0.3 is 10.4 Å². The Balaban J connectivity index is 2.07. The van der Waals surface area contributed by atoms with Crippen molar-refractivity contribution in [2.45, 2.75) is 0 Å². The molecule has 0 aromatic heterocycles. The zero-order valence-electron chi connectivity index (χ0n) is 12.1. The Kier molecular flexibility index (Phi) is 3.91. The van der Waals surface area contributed by atoms with Crippen LogP contribution in [0.1, 0.15) is 0 Å². The van der Waals surface area contributed by atoms with E-state index in [4.69, 9.17) is 0 Å². The molecule has 0 aliphatic heterocycles. The summed E-state index contributed by atoms with van der Waals surface area (Å²) in [4.78, 5) is 27.9. The van der Waals surface area contributed by atoms with Gasteiger partial charge in [-0.05, 0) is 48.5 Å². The highest BCUT2D eigenvalue weighted by Crippen LogP contribution is 2.20. The second kappa shape index (κ2) is 6.04. The summed E-state index contributed by atoms with van der Waals surface area (Å²) in [5, 5.41) is 12.3. The normalized spacial score (nSPS) is 11.7. The first-order valence-electron chi connectivity index (χ1n) is 6.85. The number of nitrogens with zero attached hydrogens (tertiary/aromatic N) is 1. The number of rotatable bonds is 3. The lowest BCUT2D eigenvalue weighted by atomic mass is 10.3. The minimum atomic E-state index is -0.985. The second-order valence-corrected chi connectivity index (χ2v) is 4.95. The van der Waals surface area contributed by atoms with Crippen LogP contribution < -0.4 is 21.5 Å². The van der Waals surface area contributed by atoms with Gasteiger partial charge in [0, 0.05) is 5.69 Å². The quantitative estimate of drug-likeness (QED) is 0.723. The molecule has 120 valence electrons. The van der Waals surface area contributed by atoms with E-state index in [1.54, 1.807) is 0 Å². The van der Waals surface area contributed by atoms with Crippen LogP contribution in [0.2, 0.25) is 0 Å². The first-order valence-corrected chi connectivity index (χ1v) is 6.85. The zero-order valence-corrected chi connectivity index (χ0v) is 12.1. The van der Waals surface area contributed by atoms with E-state index in [0.717, 1.165) is 24.3 Å². The number of halogens is 2. The molecule has 5 nitrogen and oxygen atoms in total. The third-order valence-electron chi connectivity index (χ3n) is 3.29. The van der Waals surface area contributed by atoms with Gasteiger partial charge in [-0.25, -0.2) is 13.8 Å². The summed E-state index contributed by atoms with van der Waals surface area (Å²) < 4.78 is 25.8. The van der Waals surface area contributed by atoms with Crippen molar-refractivity contribution in [2.24, 2.45) is 4.99 Å². The van der Waals surface area contributed by atoms with Gasteiger partial charge in [-0.3, -0.25) is 9.59 Å². The van der Waals surface area contributed by atoms with Crippen molar-refractivity contribution in [1.29, 1.82) is 0 Å². The largest absolute Gasteiger partial charge is 0.504 e. The average molecular weight is 328 g/mol. The van der Waals surface area contributed by atoms with Gasteiger partial charge in [0.1, 0.15) is 17.3 Å². The van der Waals surface area contributed by atoms with Crippen LogP contribution in [0.5, 0.6) is 5.75 Å². The van der Waals surface area contributed by atoms with Crippen LogP contribution in [0.4, 0.5) is 25.8 Å². The predicted molar refractivity (Wildman–Crippen MR) is 84.3 cm³/mol. The van der Waals surface area contributed by atoms with Crippen LogP contribution in [0.15, 0.2) is 63.1 Å². The van der Waals surface area contributed by atoms with Crippen LogP contribution >= 0.6 is 0 Å². The molecular weight excluding hydrogens is 318 g/mol. The number of nitrogens with one attached hydrogen (secondary N) is 1. The minimum absolute atomic E-state index is 0.210. The fourth-order valence-corrected chi connectivity index (χ4v) is 2.10. The SMILES string of the molecule is O=c1c(Nc2ccc(F)cc2)c(O)c(=Nc2ccc(F)cc2)c1=O. The number of hydrogen-bond donors (Lipinski definition) is 2. The molecule has 3 aromatic rings. The highest BCUT2D eigenvalue weighted by Gasteiger charge is 2.18. The molecule has 3 aromatic carbocycles. The average Bonchev–Trinajstić information content (AvgIpc) is 2.76. The lowest BCUT2D eigenvalue weighted by molar-refractivity contribution is 0.472. The molecule has 0 atom stereocenters. The molecule has 0 unspecified atom stereocenters. The molecule has 0 saturated heterocycles. The van der Waals surface area contributed by atoms with Crippen molar-refractivity contribution >= 4 is 17.1 Å². The third-order valence-corrected chi connectivity index (χ3v) is 3.29. The highest BCUT2D eigenvalue weighted by atomic mass is 19.1. The van der Waals surface area contributed by atoms with Gasteiger partial charge in [0.25, 0.3) is 10.9 Å². The Bertz CT molecular complexity index is 1040. The minimum Gasteiger partial charge on any atom is -0.504 e. The summed E-state index contributed by atoms with van der Waals surface area (Å²) >= 11 is 0. The van der Waals surface area contributed by atoms with Gasteiger partial charge in [-0.1, -0.05) is 0 Å². The van der Waals surface area contributed by atoms with E-state index in [-0.39, 0.29) is 11.4 Å². The molecule has 24 heavy (non-hydrogen) atoms. The molecule has 3 rings (SSSR count). The van der Waals surface area contributed by atoms with E-state index < -0.39 is 33.6 Å². The maximum Gasteiger partial charge on any atom is 0.257 e. The van der Waals surface area contributed by atoms with E-state index in [1.807, 2.05) is 0 Å². The molecule has 0 aliphatic carbocycles. The monoisotopic (exact) mass is 328 g/mol. The van der Waals surface area contributed by atoms with Crippen LogP contribution in [-0.2, 0) is 0 Å². The number of hydrogen-bond acceptors (Lipinski definition) is 5. The molecule has 0 radical (unpaired) electrons. The first-order chi connectivity index (χ1) is 11.5. The molecule has 0 heterocycles. The van der Waals surface area contributed by atoms with Crippen LogP contribution in [0.3, 0.4) is 0 Å². The molecule has 7 heteroatoms. The van der Waals surface area contributed by atoms with Crippen molar-refractivity contribution < 1.29 is 13.9 Å². The zero-order chi connectivity index (χ0) is 17.3. The maximum absolute atomic E-state index is 12.9. The van der Waals surface area contributed by atoms with Gasteiger partial charge in [-0.15, -0.1) is 0 Å². The number of benzene rings is 2. The highest BCUT2D eigenvalue weighted by molar-refractivity contribution is 5.66. The fourth-order valence-electron chi connectivity index (χ4n) is 2.10. The fraction of sp³-hybridized carbons (Fsp3) is 0. The van der Waals surface area contributed by atoms with Crippen molar-refractivity contribution in [3.63, 3.8) is 0 Å². The predicted octanol–water partition coefficient (Wildman–Crippen LogP) is 2.24. The number of aromatic hydroxyl groups is 1. The molecule has 0 spiro atoms. The summed E-state index contributed by atoms with van der Waals surface area (Å²) in [7, 11) is 0. The van der Waals surface area contributed by atoms with E-state index in [0.29, 0.717) is 5.69 Å². The Hall–Kier alpha value is -3.35. The van der Waals surface area contributed by atoms with Crippen LogP contribution in [-0.4, -0.2) is 5.11 Å². The van der Waals surface area contributed by atoms with E-state index in [2.05, 4.69) is 10.3 Å². The Morgan fingerprint density at radius 3 is 1.96 bits per heavy atom. The van der Waals surface area contributed by atoms with E-state index in [9.17, 15) is 23.5 Å². The summed E-state index contributed by atoms with van der Waals surface area (Å²) in [5.41, 5.74) is -1.75. The summed E-state index contributed by atoms with van der Waals surface area (Å²) in [6.45, 7) is 0. The summed E-state index contributed by atoms with van der Waals surface area (Å²) in [5.74, 6) is -1.56. The molecule has 0 amide bonds. The van der Waals surface area contributed by atoms with Gasteiger partial charge in [0.2, 0.25) is 0 Å². The van der Waals surface area contributed by atoms with Crippen molar-refractivity contribution in [3.05, 3.63) is 86.0 Å². The topological polar surface area (TPSA) is 78.8 Å². The van der Waals surface area contributed by atoms with Crippen LogP contribution in [0.25, 0.3) is 0 Å². The maximum atomic E-state index is 12.9. The molecular formula is C17H10F2N2O3. The van der Waals surface area contributed by atoms with Gasteiger partial charge in [-0.2, -0.15) is 0 Å². The Morgan fingerprint density at radius 2 is 1.38 bits per heavy atom. The van der Waals surface area contributed by atoms with Crippen molar-refractivity contribution in [2.75, 3.05) is 5.32 Å². The molecule has 0 bridgehead atoms. The van der Waals surface area contributed by atoms with Gasteiger partial charge >= 0.3 is 0 Å². The second-order valence-electron chi connectivity index (χ2n) is 4.95. The van der Waals surface area contributed by atoms with Crippen molar-refractivity contribution in [3.8, 4) is 5.75 Å². The van der Waals surface area contributed by atoms with Crippen LogP contribution in [0, 0.1) is 11.6 Å². The standard InChI is InChI=1S/C17H10F2N2O3/c18-9-1-5-11(6-2-9)20-13-15(22)14(17(24)16(13)23)21-12-7-3-10(19)4-8-12/h1-8,20,22H. The lowest BCUT2D eigenvalue weighted by Crippen LogP contribution is -2.30. The molecule has 0 fully saturated rings. The molecule has 0 saturated carbocycles. The number of anilines is 2. The van der Waals surface area contributed by atoms with Gasteiger partial charge in [0.05, 0.1) is 5.69 Å². The van der Waals surface area contributed by atoms with E-state index in [1.165, 1.54) is 24.3 Å². The first kappa shape index (κ1) is 15.5. The Morgan fingerprint density at radius 1 is 0.833 bits per heavy atom. The molecule has 2 N–H and O–H groups in total. The summed E-state index contributed by atoms with van der Waals surface area (Å²) in [6.07, 6.45) is 0.